The average molecular weight is 756 g/mol. The first kappa shape index (κ1) is 33.5. The minimum Gasteiger partial charge on any atom is -0.308 e. The highest BCUT2D eigenvalue weighted by atomic mass is 15.2. The van der Waals surface area contributed by atoms with E-state index in [1.807, 2.05) is 6.07 Å². The zero-order chi connectivity index (χ0) is 39.2. The van der Waals surface area contributed by atoms with Gasteiger partial charge in [0.1, 0.15) is 0 Å². The van der Waals surface area contributed by atoms with Crippen LogP contribution in [0.5, 0.6) is 0 Å². The van der Waals surface area contributed by atoms with Crippen molar-refractivity contribution in [1.82, 2.24) is 24.1 Å². The van der Waals surface area contributed by atoms with Crippen molar-refractivity contribution < 1.29 is 0 Å². The van der Waals surface area contributed by atoms with E-state index in [0.717, 1.165) is 55.2 Å². The van der Waals surface area contributed by atoms with Crippen molar-refractivity contribution in [3.8, 4) is 56.7 Å². The normalized spacial score (nSPS) is 13.1. The Kier molecular flexibility index (Phi) is 7.20. The predicted octanol–water partition coefficient (Wildman–Crippen LogP) is 13.4. The van der Waals surface area contributed by atoms with Crippen LogP contribution in [0.15, 0.2) is 188 Å². The Morgan fingerprint density at radius 3 is 1.59 bits per heavy atom. The van der Waals surface area contributed by atoms with Gasteiger partial charge in [0.05, 0.1) is 27.8 Å². The van der Waals surface area contributed by atoms with Crippen molar-refractivity contribution in [2.45, 2.75) is 19.3 Å². The summed E-state index contributed by atoms with van der Waals surface area (Å²) in [5.74, 6) is 1.79. The van der Waals surface area contributed by atoms with Crippen LogP contribution >= 0.6 is 0 Å². The number of rotatable bonds is 5. The summed E-state index contributed by atoms with van der Waals surface area (Å²) in [6.07, 6.45) is 0. The topological polar surface area (TPSA) is 48.5 Å². The molecule has 12 rings (SSSR count). The van der Waals surface area contributed by atoms with Crippen molar-refractivity contribution in [3.05, 3.63) is 199 Å². The summed E-state index contributed by atoms with van der Waals surface area (Å²) < 4.78 is 4.60. The zero-order valence-electron chi connectivity index (χ0n) is 32.6. The number of fused-ring (bicyclic) bond motifs is 9. The molecule has 0 radical (unpaired) electrons. The largest absolute Gasteiger partial charge is 0.308 e. The molecule has 0 fully saturated rings. The molecule has 0 atom stereocenters. The van der Waals surface area contributed by atoms with Crippen LogP contribution in [0, 0.1) is 0 Å². The summed E-state index contributed by atoms with van der Waals surface area (Å²) in [7, 11) is 0. The van der Waals surface area contributed by atoms with Gasteiger partial charge in [0.2, 0.25) is 5.95 Å². The molecule has 1 aliphatic carbocycles. The van der Waals surface area contributed by atoms with Crippen molar-refractivity contribution in [3.63, 3.8) is 0 Å². The molecule has 278 valence electrons. The molecule has 11 aromatic rings. The van der Waals surface area contributed by atoms with E-state index in [4.69, 9.17) is 15.0 Å². The molecule has 5 nitrogen and oxygen atoms in total. The van der Waals surface area contributed by atoms with Crippen molar-refractivity contribution in [1.29, 1.82) is 0 Å². The lowest BCUT2D eigenvalue weighted by atomic mass is 9.82. The van der Waals surface area contributed by atoms with Crippen LogP contribution in [-0.4, -0.2) is 24.1 Å². The molecular formula is C54H37N5. The highest BCUT2D eigenvalue weighted by molar-refractivity contribution is 6.12. The molecule has 5 heteroatoms. The van der Waals surface area contributed by atoms with Gasteiger partial charge in [-0.2, -0.15) is 9.97 Å². The standard InChI is InChI=1S/C54H37N5/c1-54(2)44-23-11-6-18-37(44)42-32-43-40-21-9-12-24-46(40)58(50(43)33-45(42)54)49-27-15-10-22-41(49)52-55-51(36-30-28-35(29-31-36)34-16-4-3-5-17-34)56-53(57-52)59-47-25-13-7-19-38(47)39-20-8-14-26-48(39)59/h3-33H,1-2H3. The van der Waals surface area contributed by atoms with E-state index < -0.39 is 0 Å². The van der Waals surface area contributed by atoms with Gasteiger partial charge in [-0.1, -0.05) is 159 Å². The van der Waals surface area contributed by atoms with E-state index in [1.165, 1.54) is 38.6 Å². The van der Waals surface area contributed by atoms with Crippen LogP contribution in [0.3, 0.4) is 0 Å². The van der Waals surface area contributed by atoms with Crippen LogP contribution in [0.4, 0.5) is 0 Å². The molecule has 3 heterocycles. The van der Waals surface area contributed by atoms with Crippen LogP contribution in [-0.2, 0) is 5.41 Å². The molecule has 0 N–H and O–H groups in total. The second-order valence-electron chi connectivity index (χ2n) is 16.1. The number of hydrogen-bond donors (Lipinski definition) is 0. The Bertz CT molecular complexity index is 3410. The van der Waals surface area contributed by atoms with Gasteiger partial charge in [0.25, 0.3) is 0 Å². The summed E-state index contributed by atoms with van der Waals surface area (Å²) in [6.45, 7) is 4.69. The minimum atomic E-state index is -0.142. The maximum atomic E-state index is 5.40. The minimum absolute atomic E-state index is 0.142. The fraction of sp³-hybridized carbons (Fsp3) is 0.0556. The molecule has 0 saturated carbocycles. The molecule has 0 unspecified atom stereocenters. The third kappa shape index (κ3) is 5.01. The first-order chi connectivity index (χ1) is 29.0. The maximum Gasteiger partial charge on any atom is 0.238 e. The molecule has 0 saturated heterocycles. The Hall–Kier alpha value is -7.63. The summed E-state index contributed by atoms with van der Waals surface area (Å²) in [5.41, 5.74) is 14.7. The molecule has 0 aliphatic heterocycles. The number of hydrogen-bond acceptors (Lipinski definition) is 3. The second-order valence-corrected chi connectivity index (χ2v) is 16.1. The smallest absolute Gasteiger partial charge is 0.238 e. The number of nitrogens with zero attached hydrogens (tertiary/aromatic N) is 5. The van der Waals surface area contributed by atoms with E-state index in [0.29, 0.717) is 17.6 Å². The summed E-state index contributed by atoms with van der Waals surface area (Å²) in [5, 5.41) is 4.75. The van der Waals surface area contributed by atoms with Gasteiger partial charge in [0.15, 0.2) is 11.6 Å². The van der Waals surface area contributed by atoms with E-state index in [1.54, 1.807) is 0 Å². The fourth-order valence-electron chi connectivity index (χ4n) is 9.58. The molecule has 0 amide bonds. The lowest BCUT2D eigenvalue weighted by molar-refractivity contribution is 0.661. The van der Waals surface area contributed by atoms with Gasteiger partial charge < -0.3 is 4.57 Å². The molecule has 0 spiro atoms. The highest BCUT2D eigenvalue weighted by Crippen LogP contribution is 2.51. The Balaban J connectivity index is 1.12. The molecule has 0 bridgehead atoms. The number of benzene rings is 8. The average Bonchev–Trinajstić information content (AvgIpc) is 3.89. The van der Waals surface area contributed by atoms with Gasteiger partial charge in [-0.15, -0.1) is 0 Å². The van der Waals surface area contributed by atoms with E-state index in [2.05, 4.69) is 205 Å². The third-order valence-corrected chi connectivity index (χ3v) is 12.4. The molecule has 59 heavy (non-hydrogen) atoms. The number of aromatic nitrogens is 5. The first-order valence-electron chi connectivity index (χ1n) is 20.2. The third-order valence-electron chi connectivity index (χ3n) is 12.4. The maximum absolute atomic E-state index is 5.40. The monoisotopic (exact) mass is 755 g/mol. The summed E-state index contributed by atoms with van der Waals surface area (Å²) in [6, 6.07) is 67.0. The van der Waals surface area contributed by atoms with Crippen LogP contribution < -0.4 is 0 Å². The van der Waals surface area contributed by atoms with E-state index in [9.17, 15) is 0 Å². The number of para-hydroxylation sites is 4. The lowest BCUT2D eigenvalue weighted by Gasteiger charge is -2.22. The van der Waals surface area contributed by atoms with Crippen molar-refractivity contribution in [2.24, 2.45) is 0 Å². The van der Waals surface area contributed by atoms with Crippen LogP contribution in [0.1, 0.15) is 25.0 Å². The Morgan fingerprint density at radius 2 is 0.881 bits per heavy atom. The summed E-state index contributed by atoms with van der Waals surface area (Å²) in [4.78, 5) is 16.0. The van der Waals surface area contributed by atoms with Crippen LogP contribution in [0.2, 0.25) is 0 Å². The summed E-state index contributed by atoms with van der Waals surface area (Å²) >= 11 is 0. The van der Waals surface area contributed by atoms with Gasteiger partial charge in [-0.25, -0.2) is 4.98 Å². The molecule has 1 aliphatic rings. The molecule has 3 aromatic heterocycles. The van der Waals surface area contributed by atoms with Gasteiger partial charge in [0, 0.05) is 38.1 Å². The fourth-order valence-corrected chi connectivity index (χ4v) is 9.58. The van der Waals surface area contributed by atoms with Gasteiger partial charge in [-0.05, 0) is 75.8 Å². The van der Waals surface area contributed by atoms with Gasteiger partial charge in [-0.3, -0.25) is 4.57 Å². The van der Waals surface area contributed by atoms with E-state index in [-0.39, 0.29) is 5.41 Å². The second kappa shape index (κ2) is 12.7. The van der Waals surface area contributed by atoms with Crippen molar-refractivity contribution in [2.75, 3.05) is 0 Å². The molecule has 8 aromatic carbocycles. The van der Waals surface area contributed by atoms with Crippen LogP contribution in [0.25, 0.3) is 100 Å². The quantitative estimate of drug-likeness (QED) is 0.176. The van der Waals surface area contributed by atoms with E-state index >= 15 is 0 Å². The zero-order valence-corrected chi connectivity index (χ0v) is 32.6. The van der Waals surface area contributed by atoms with Crippen molar-refractivity contribution >= 4 is 43.6 Å². The highest BCUT2D eigenvalue weighted by Gasteiger charge is 2.36. The Labute approximate surface area is 341 Å². The SMILES string of the molecule is CC1(C)c2ccccc2-c2cc3c4ccccc4n(-c4ccccc4-c4nc(-c5ccc(-c6ccccc6)cc5)nc(-n5c6ccccc6c6ccccc65)n4)c3cc21. The molecular weight excluding hydrogens is 719 g/mol. The first-order valence-corrected chi connectivity index (χ1v) is 20.2. The predicted molar refractivity (Wildman–Crippen MR) is 242 cm³/mol. The van der Waals surface area contributed by atoms with Gasteiger partial charge >= 0.3 is 0 Å². The Morgan fingerprint density at radius 1 is 0.356 bits per heavy atom. The lowest BCUT2D eigenvalue weighted by Crippen LogP contribution is -2.15.